The maximum atomic E-state index is 3.74. The predicted octanol–water partition coefficient (Wildman–Crippen LogP) is 2.05. The molecule has 10 heavy (non-hydrogen) atoms. The van der Waals surface area contributed by atoms with Gasteiger partial charge in [-0.15, -0.1) is 6.58 Å². The molecule has 0 spiro atoms. The van der Waals surface area contributed by atoms with Gasteiger partial charge in [0.05, 0.1) is 0 Å². The molecule has 0 bridgehead atoms. The molecule has 1 aliphatic heterocycles. The second-order valence-corrected chi connectivity index (χ2v) is 3.81. The maximum absolute atomic E-state index is 3.74. The van der Waals surface area contributed by atoms with E-state index >= 15 is 0 Å². The standard InChI is InChI=1S/C9H17N/c1-5-6-10-8(2)7-9(10,3)4/h5,8H,1,6-7H2,2-4H3. The van der Waals surface area contributed by atoms with Gasteiger partial charge in [-0.1, -0.05) is 6.08 Å². The van der Waals surface area contributed by atoms with Crippen LogP contribution in [0.2, 0.25) is 0 Å². The second kappa shape index (κ2) is 2.39. The Hall–Kier alpha value is -0.300. The fourth-order valence-corrected chi connectivity index (χ4v) is 2.00. The van der Waals surface area contributed by atoms with E-state index in [2.05, 4.69) is 32.3 Å². The van der Waals surface area contributed by atoms with E-state index in [1.807, 2.05) is 6.08 Å². The summed E-state index contributed by atoms with van der Waals surface area (Å²) in [6, 6.07) is 0.757. The van der Waals surface area contributed by atoms with Gasteiger partial charge in [-0.2, -0.15) is 0 Å². The smallest absolute Gasteiger partial charge is 0.0174 e. The first-order chi connectivity index (χ1) is 4.58. The number of nitrogens with zero attached hydrogens (tertiary/aromatic N) is 1. The Morgan fingerprint density at radius 1 is 1.70 bits per heavy atom. The molecule has 1 heterocycles. The molecule has 1 atom stereocenters. The Bertz CT molecular complexity index is 138. The Balaban J connectivity index is 2.48. The molecule has 0 aromatic rings. The first-order valence-corrected chi connectivity index (χ1v) is 3.95. The summed E-state index contributed by atoms with van der Waals surface area (Å²) >= 11 is 0. The SMILES string of the molecule is C=CCN1C(C)CC1(C)C. The zero-order chi connectivity index (χ0) is 7.78. The molecular weight excluding hydrogens is 122 g/mol. The van der Waals surface area contributed by atoms with Gasteiger partial charge in [-0.25, -0.2) is 0 Å². The average Bonchev–Trinajstić information content (AvgIpc) is 1.82. The largest absolute Gasteiger partial charge is 0.292 e. The zero-order valence-electron chi connectivity index (χ0n) is 7.22. The van der Waals surface area contributed by atoms with Crippen LogP contribution in [0.1, 0.15) is 27.2 Å². The molecule has 0 aromatic heterocycles. The van der Waals surface area contributed by atoms with Gasteiger partial charge in [0, 0.05) is 18.1 Å². The fraction of sp³-hybridized carbons (Fsp3) is 0.778. The quantitative estimate of drug-likeness (QED) is 0.529. The summed E-state index contributed by atoms with van der Waals surface area (Å²) in [5, 5.41) is 0. The summed E-state index contributed by atoms with van der Waals surface area (Å²) in [7, 11) is 0. The van der Waals surface area contributed by atoms with Crippen LogP contribution in [0.15, 0.2) is 12.7 Å². The Kier molecular flexibility index (Phi) is 1.86. The van der Waals surface area contributed by atoms with E-state index in [0.717, 1.165) is 12.6 Å². The Morgan fingerprint density at radius 3 is 2.50 bits per heavy atom. The molecule has 1 rings (SSSR count). The molecule has 0 N–H and O–H groups in total. The van der Waals surface area contributed by atoms with Crippen molar-refractivity contribution < 1.29 is 0 Å². The minimum Gasteiger partial charge on any atom is -0.292 e. The topological polar surface area (TPSA) is 3.24 Å². The molecule has 58 valence electrons. The van der Waals surface area contributed by atoms with Gasteiger partial charge in [0.1, 0.15) is 0 Å². The first kappa shape index (κ1) is 7.80. The first-order valence-electron chi connectivity index (χ1n) is 3.95. The fourth-order valence-electron chi connectivity index (χ4n) is 2.00. The highest BCUT2D eigenvalue weighted by Gasteiger charge is 2.40. The average molecular weight is 139 g/mol. The van der Waals surface area contributed by atoms with Crippen molar-refractivity contribution in [1.82, 2.24) is 4.90 Å². The van der Waals surface area contributed by atoms with E-state index < -0.39 is 0 Å². The van der Waals surface area contributed by atoms with Gasteiger partial charge >= 0.3 is 0 Å². The van der Waals surface area contributed by atoms with E-state index in [9.17, 15) is 0 Å². The van der Waals surface area contributed by atoms with Crippen LogP contribution in [0.3, 0.4) is 0 Å². The molecule has 1 nitrogen and oxygen atoms in total. The number of hydrogen-bond acceptors (Lipinski definition) is 1. The van der Waals surface area contributed by atoms with Gasteiger partial charge in [-0.05, 0) is 27.2 Å². The van der Waals surface area contributed by atoms with Crippen molar-refractivity contribution in [2.45, 2.75) is 38.8 Å². The third kappa shape index (κ3) is 1.10. The lowest BCUT2D eigenvalue weighted by Crippen LogP contribution is -2.61. The molecule has 0 aromatic carbocycles. The van der Waals surface area contributed by atoms with Gasteiger partial charge in [0.15, 0.2) is 0 Å². The minimum atomic E-state index is 0.424. The van der Waals surface area contributed by atoms with Crippen LogP contribution in [0, 0.1) is 0 Å². The lowest BCUT2D eigenvalue weighted by molar-refractivity contribution is -0.0291. The van der Waals surface area contributed by atoms with Crippen molar-refractivity contribution in [3.63, 3.8) is 0 Å². The molecule has 1 heteroatoms. The Morgan fingerprint density at radius 2 is 2.30 bits per heavy atom. The lowest BCUT2D eigenvalue weighted by Gasteiger charge is -2.53. The van der Waals surface area contributed by atoms with Crippen molar-refractivity contribution in [2.75, 3.05) is 6.54 Å². The third-order valence-corrected chi connectivity index (χ3v) is 2.43. The summed E-state index contributed by atoms with van der Waals surface area (Å²) < 4.78 is 0. The van der Waals surface area contributed by atoms with Crippen LogP contribution in [0.25, 0.3) is 0 Å². The highest BCUT2D eigenvalue weighted by Crippen LogP contribution is 2.34. The van der Waals surface area contributed by atoms with Crippen LogP contribution >= 0.6 is 0 Å². The highest BCUT2D eigenvalue weighted by molar-refractivity contribution is 5.00. The molecule has 1 fully saturated rings. The van der Waals surface area contributed by atoms with E-state index in [1.54, 1.807) is 0 Å². The predicted molar refractivity (Wildman–Crippen MR) is 45.1 cm³/mol. The summed E-state index contributed by atoms with van der Waals surface area (Å²) in [6.07, 6.45) is 3.30. The summed E-state index contributed by atoms with van der Waals surface area (Å²) in [5.74, 6) is 0. The molecule has 0 amide bonds. The van der Waals surface area contributed by atoms with Crippen molar-refractivity contribution in [3.05, 3.63) is 12.7 Å². The molecule has 0 radical (unpaired) electrons. The van der Waals surface area contributed by atoms with Crippen LogP contribution in [-0.2, 0) is 0 Å². The third-order valence-electron chi connectivity index (χ3n) is 2.43. The van der Waals surface area contributed by atoms with Crippen LogP contribution in [-0.4, -0.2) is 23.0 Å². The van der Waals surface area contributed by atoms with Gasteiger partial charge < -0.3 is 0 Å². The van der Waals surface area contributed by atoms with Gasteiger partial charge in [-0.3, -0.25) is 4.90 Å². The van der Waals surface area contributed by atoms with E-state index in [0.29, 0.717) is 5.54 Å². The number of rotatable bonds is 2. The summed E-state index contributed by atoms with van der Waals surface area (Å²) in [6.45, 7) is 11.6. The Labute approximate surface area is 63.7 Å². The lowest BCUT2D eigenvalue weighted by atomic mass is 9.82. The molecule has 1 unspecified atom stereocenters. The van der Waals surface area contributed by atoms with Crippen molar-refractivity contribution in [2.24, 2.45) is 0 Å². The molecule has 1 aliphatic rings. The summed E-state index contributed by atoms with van der Waals surface area (Å²) in [4.78, 5) is 2.47. The second-order valence-electron chi connectivity index (χ2n) is 3.81. The normalized spacial score (nSPS) is 31.3. The molecule has 0 aliphatic carbocycles. The van der Waals surface area contributed by atoms with Crippen molar-refractivity contribution >= 4 is 0 Å². The van der Waals surface area contributed by atoms with Crippen molar-refractivity contribution in [3.8, 4) is 0 Å². The number of likely N-dealkylation sites (tertiary alicyclic amines) is 1. The van der Waals surface area contributed by atoms with Gasteiger partial charge in [0.2, 0.25) is 0 Å². The van der Waals surface area contributed by atoms with E-state index in [-0.39, 0.29) is 0 Å². The monoisotopic (exact) mass is 139 g/mol. The van der Waals surface area contributed by atoms with Crippen LogP contribution in [0.5, 0.6) is 0 Å². The van der Waals surface area contributed by atoms with Crippen LogP contribution < -0.4 is 0 Å². The zero-order valence-corrected chi connectivity index (χ0v) is 7.22. The van der Waals surface area contributed by atoms with Crippen LogP contribution in [0.4, 0.5) is 0 Å². The molecular formula is C9H17N. The summed E-state index contributed by atoms with van der Waals surface area (Å²) in [5.41, 5.74) is 0.424. The number of hydrogen-bond donors (Lipinski definition) is 0. The maximum Gasteiger partial charge on any atom is 0.0174 e. The van der Waals surface area contributed by atoms with E-state index in [4.69, 9.17) is 0 Å². The molecule has 0 saturated carbocycles. The highest BCUT2D eigenvalue weighted by atomic mass is 15.3. The van der Waals surface area contributed by atoms with Crippen molar-refractivity contribution in [1.29, 1.82) is 0 Å². The van der Waals surface area contributed by atoms with E-state index in [1.165, 1.54) is 6.42 Å². The molecule has 1 saturated heterocycles. The van der Waals surface area contributed by atoms with Gasteiger partial charge in [0.25, 0.3) is 0 Å². The minimum absolute atomic E-state index is 0.424.